The number of nitrogens with zero attached hydrogens (tertiary/aromatic N) is 3. The molecule has 2 atom stereocenters. The topological polar surface area (TPSA) is 47.4 Å². The second kappa shape index (κ2) is 5.84. The summed E-state index contributed by atoms with van der Waals surface area (Å²) in [6.07, 6.45) is 0.127. The Morgan fingerprint density at radius 1 is 1.25 bits per heavy atom. The highest BCUT2D eigenvalue weighted by Gasteiger charge is 2.39. The third-order valence-electron chi connectivity index (χ3n) is 5.21. The van der Waals surface area contributed by atoms with Gasteiger partial charge < -0.3 is 4.74 Å². The SMILES string of the molecule is O=c1c(C(F)(F)F)cc(C2CC2)nn1CN1CCO[C@H]2CCC[C@H]21. The van der Waals surface area contributed by atoms with E-state index in [9.17, 15) is 18.0 Å². The average Bonchev–Trinajstić information content (AvgIpc) is 3.25. The second-order valence-electron chi connectivity index (χ2n) is 6.92. The molecule has 0 spiro atoms. The fourth-order valence-electron chi connectivity index (χ4n) is 3.79. The van der Waals surface area contributed by atoms with Gasteiger partial charge in [0, 0.05) is 18.5 Å². The lowest BCUT2D eigenvalue weighted by Crippen LogP contribution is -2.50. The van der Waals surface area contributed by atoms with Crippen LogP contribution in [0.3, 0.4) is 0 Å². The lowest BCUT2D eigenvalue weighted by atomic mass is 10.1. The normalized spacial score (nSPS) is 28.1. The van der Waals surface area contributed by atoms with E-state index in [1.165, 1.54) is 0 Å². The molecule has 0 amide bonds. The Morgan fingerprint density at radius 2 is 2.04 bits per heavy atom. The van der Waals surface area contributed by atoms with Crippen LogP contribution in [-0.4, -0.2) is 40.0 Å². The molecule has 1 aliphatic heterocycles. The number of aromatic nitrogens is 2. The van der Waals surface area contributed by atoms with Crippen molar-refractivity contribution in [1.29, 1.82) is 0 Å². The first-order chi connectivity index (χ1) is 11.4. The molecule has 1 saturated heterocycles. The molecular formula is C16H20F3N3O2. The highest BCUT2D eigenvalue weighted by atomic mass is 19.4. The summed E-state index contributed by atoms with van der Waals surface area (Å²) < 4.78 is 46.4. The quantitative estimate of drug-likeness (QED) is 0.845. The van der Waals surface area contributed by atoms with Crippen molar-refractivity contribution < 1.29 is 17.9 Å². The number of hydrogen-bond donors (Lipinski definition) is 0. The van der Waals surface area contributed by atoms with Crippen molar-refractivity contribution in [3.05, 3.63) is 27.7 Å². The molecule has 0 N–H and O–H groups in total. The van der Waals surface area contributed by atoms with Crippen LogP contribution in [0.2, 0.25) is 0 Å². The van der Waals surface area contributed by atoms with Crippen LogP contribution < -0.4 is 5.56 Å². The zero-order valence-corrected chi connectivity index (χ0v) is 13.3. The first-order valence-electron chi connectivity index (χ1n) is 8.48. The largest absolute Gasteiger partial charge is 0.421 e. The van der Waals surface area contributed by atoms with Gasteiger partial charge in [0.05, 0.1) is 25.1 Å². The standard InChI is InChI=1S/C16H20F3N3O2/c17-16(18,19)11-8-12(10-4-5-10)20-22(15(11)23)9-21-6-7-24-14-3-1-2-13(14)21/h8,10,13-14H,1-7,9H2/t13-,14+/m1/s1. The smallest absolute Gasteiger partial charge is 0.375 e. The van der Waals surface area contributed by atoms with E-state index in [2.05, 4.69) is 5.10 Å². The van der Waals surface area contributed by atoms with Crippen molar-refractivity contribution in [3.8, 4) is 0 Å². The Hall–Kier alpha value is -1.41. The number of alkyl halides is 3. The summed E-state index contributed by atoms with van der Waals surface area (Å²) in [5.41, 5.74) is -1.76. The molecule has 2 heterocycles. The van der Waals surface area contributed by atoms with Crippen LogP contribution in [0.5, 0.6) is 0 Å². The molecule has 1 aromatic rings. The van der Waals surface area contributed by atoms with Gasteiger partial charge in [-0.05, 0) is 38.2 Å². The second-order valence-corrected chi connectivity index (χ2v) is 6.92. The Balaban J connectivity index is 1.66. The number of rotatable bonds is 3. The molecule has 0 bridgehead atoms. The van der Waals surface area contributed by atoms with E-state index in [1.54, 1.807) is 0 Å². The number of hydrogen-bond acceptors (Lipinski definition) is 4. The average molecular weight is 343 g/mol. The van der Waals surface area contributed by atoms with Gasteiger partial charge in [0.15, 0.2) is 0 Å². The Morgan fingerprint density at radius 3 is 2.75 bits per heavy atom. The maximum absolute atomic E-state index is 13.2. The summed E-state index contributed by atoms with van der Waals surface area (Å²) in [5, 5.41) is 4.24. The van der Waals surface area contributed by atoms with E-state index >= 15 is 0 Å². The number of ether oxygens (including phenoxy) is 1. The molecule has 0 aromatic carbocycles. The maximum Gasteiger partial charge on any atom is 0.421 e. The van der Waals surface area contributed by atoms with E-state index in [-0.39, 0.29) is 24.7 Å². The summed E-state index contributed by atoms with van der Waals surface area (Å²) in [4.78, 5) is 14.3. The van der Waals surface area contributed by atoms with E-state index < -0.39 is 17.3 Å². The fourth-order valence-corrected chi connectivity index (χ4v) is 3.79. The molecule has 132 valence electrons. The fraction of sp³-hybridized carbons (Fsp3) is 0.750. The van der Waals surface area contributed by atoms with Crippen LogP contribution >= 0.6 is 0 Å². The van der Waals surface area contributed by atoms with Crippen LogP contribution in [0, 0.1) is 0 Å². The summed E-state index contributed by atoms with van der Waals surface area (Å²) >= 11 is 0. The van der Waals surface area contributed by atoms with E-state index in [0.717, 1.165) is 42.9 Å². The Labute approximate surface area is 137 Å². The summed E-state index contributed by atoms with van der Waals surface area (Å²) in [6, 6.07) is 1.11. The van der Waals surface area contributed by atoms with Gasteiger partial charge in [-0.15, -0.1) is 0 Å². The van der Waals surface area contributed by atoms with Crippen LogP contribution in [-0.2, 0) is 17.6 Å². The predicted molar refractivity (Wildman–Crippen MR) is 79.6 cm³/mol. The number of fused-ring (bicyclic) bond motifs is 1. The molecule has 5 nitrogen and oxygen atoms in total. The summed E-state index contributed by atoms with van der Waals surface area (Å²) in [7, 11) is 0. The van der Waals surface area contributed by atoms with Gasteiger partial charge in [-0.25, -0.2) is 4.68 Å². The van der Waals surface area contributed by atoms with Gasteiger partial charge in [-0.3, -0.25) is 9.69 Å². The molecule has 3 aliphatic rings. The van der Waals surface area contributed by atoms with E-state index in [1.807, 2.05) is 4.90 Å². The molecule has 24 heavy (non-hydrogen) atoms. The third kappa shape index (κ3) is 2.97. The first-order valence-corrected chi connectivity index (χ1v) is 8.48. The molecule has 2 aliphatic carbocycles. The first kappa shape index (κ1) is 16.1. The van der Waals surface area contributed by atoms with Crippen LogP contribution in [0.15, 0.2) is 10.9 Å². The molecular weight excluding hydrogens is 323 g/mol. The van der Waals surface area contributed by atoms with E-state index in [4.69, 9.17) is 4.74 Å². The van der Waals surface area contributed by atoms with Crippen molar-refractivity contribution in [2.45, 2.75) is 63.0 Å². The maximum atomic E-state index is 13.2. The highest BCUT2D eigenvalue weighted by Crippen LogP contribution is 2.40. The monoisotopic (exact) mass is 343 g/mol. The molecule has 2 saturated carbocycles. The predicted octanol–water partition coefficient (Wildman–Crippen LogP) is 2.35. The van der Waals surface area contributed by atoms with Crippen molar-refractivity contribution in [1.82, 2.24) is 14.7 Å². The molecule has 3 fully saturated rings. The van der Waals surface area contributed by atoms with Gasteiger partial charge in [0.1, 0.15) is 5.56 Å². The lowest BCUT2D eigenvalue weighted by molar-refractivity contribution is -0.139. The molecule has 1 aromatic heterocycles. The zero-order valence-electron chi connectivity index (χ0n) is 13.3. The van der Waals surface area contributed by atoms with Crippen molar-refractivity contribution in [2.75, 3.05) is 13.2 Å². The summed E-state index contributed by atoms with van der Waals surface area (Å²) in [5.74, 6) is 0.0573. The lowest BCUT2D eigenvalue weighted by Gasteiger charge is -2.37. The van der Waals surface area contributed by atoms with Gasteiger partial charge in [-0.1, -0.05) is 0 Å². The number of halogens is 3. The highest BCUT2D eigenvalue weighted by molar-refractivity contribution is 5.22. The van der Waals surface area contributed by atoms with Gasteiger partial charge in [0.2, 0.25) is 0 Å². The number of morpholine rings is 1. The van der Waals surface area contributed by atoms with Crippen LogP contribution in [0.25, 0.3) is 0 Å². The minimum absolute atomic E-state index is 0.0573. The third-order valence-corrected chi connectivity index (χ3v) is 5.21. The van der Waals surface area contributed by atoms with Crippen LogP contribution in [0.1, 0.15) is 49.3 Å². The molecule has 0 radical (unpaired) electrons. The summed E-state index contributed by atoms with van der Waals surface area (Å²) in [6.45, 7) is 1.27. The van der Waals surface area contributed by atoms with Crippen LogP contribution in [0.4, 0.5) is 13.2 Å². The minimum Gasteiger partial charge on any atom is -0.375 e. The van der Waals surface area contributed by atoms with Crippen molar-refractivity contribution in [3.63, 3.8) is 0 Å². The molecule has 4 rings (SSSR count). The Kier molecular flexibility index (Phi) is 3.91. The van der Waals surface area contributed by atoms with Crippen molar-refractivity contribution >= 4 is 0 Å². The van der Waals surface area contributed by atoms with Gasteiger partial charge in [-0.2, -0.15) is 18.3 Å². The van der Waals surface area contributed by atoms with Gasteiger partial charge in [0.25, 0.3) is 5.56 Å². The van der Waals surface area contributed by atoms with Crippen molar-refractivity contribution in [2.24, 2.45) is 0 Å². The molecule has 0 unspecified atom stereocenters. The van der Waals surface area contributed by atoms with Gasteiger partial charge >= 0.3 is 6.18 Å². The minimum atomic E-state index is -4.65. The zero-order chi connectivity index (χ0) is 16.9. The molecule has 8 heteroatoms. The van der Waals surface area contributed by atoms with E-state index in [0.29, 0.717) is 18.8 Å². The Bertz CT molecular complexity index is 684.